The zero-order valence-electron chi connectivity index (χ0n) is 5.88. The third kappa shape index (κ3) is 1.18. The van der Waals surface area contributed by atoms with Crippen LogP contribution in [0.5, 0.6) is 5.75 Å². The van der Waals surface area contributed by atoms with Crippen molar-refractivity contribution < 1.29 is 18.4 Å². The Morgan fingerprint density at radius 1 is 1.25 bits per heavy atom. The van der Waals surface area contributed by atoms with Gasteiger partial charge < -0.3 is 4.74 Å². The van der Waals surface area contributed by atoms with Crippen molar-refractivity contribution in [1.29, 1.82) is 0 Å². The van der Waals surface area contributed by atoms with Gasteiger partial charge in [-0.3, -0.25) is 5.48 Å². The molecule has 0 saturated carbocycles. The fourth-order valence-corrected chi connectivity index (χ4v) is 0.903. The van der Waals surface area contributed by atoms with Crippen LogP contribution in [0.1, 0.15) is 0 Å². The lowest BCUT2D eigenvalue weighted by Gasteiger charge is -2.24. The lowest BCUT2D eigenvalue weighted by atomic mass is 10.3. The van der Waals surface area contributed by atoms with Gasteiger partial charge in [0, 0.05) is 0 Å². The monoisotopic (exact) mass is 173 g/mol. The first-order valence-electron chi connectivity index (χ1n) is 3.27. The van der Waals surface area contributed by atoms with E-state index >= 15 is 0 Å². The zero-order valence-corrected chi connectivity index (χ0v) is 5.88. The van der Waals surface area contributed by atoms with Crippen LogP contribution in [0.2, 0.25) is 0 Å². The van der Waals surface area contributed by atoms with Gasteiger partial charge >= 0.3 is 6.29 Å². The van der Waals surface area contributed by atoms with Gasteiger partial charge in [-0.25, -0.2) is 0 Å². The van der Waals surface area contributed by atoms with E-state index in [1.807, 2.05) is 0 Å². The van der Waals surface area contributed by atoms with E-state index in [1.54, 1.807) is 18.2 Å². The molecule has 5 heteroatoms. The molecule has 1 N–H and O–H groups in total. The van der Waals surface area contributed by atoms with Crippen molar-refractivity contribution in [3.63, 3.8) is 0 Å². The second kappa shape index (κ2) is 2.31. The van der Waals surface area contributed by atoms with Gasteiger partial charge in [0.15, 0.2) is 5.75 Å². The molecule has 64 valence electrons. The topological polar surface area (TPSA) is 30.5 Å². The van der Waals surface area contributed by atoms with Crippen LogP contribution in [0.3, 0.4) is 0 Å². The highest BCUT2D eigenvalue weighted by molar-refractivity contribution is 5.55. The van der Waals surface area contributed by atoms with Crippen LogP contribution >= 0.6 is 0 Å². The smallest absolute Gasteiger partial charge is 0.406 e. The second-order valence-corrected chi connectivity index (χ2v) is 2.27. The lowest BCUT2D eigenvalue weighted by molar-refractivity contribution is -0.348. The fraction of sp³-hybridized carbons (Fsp3) is 0.143. The minimum Gasteiger partial charge on any atom is -0.406 e. The number of alkyl halides is 2. The van der Waals surface area contributed by atoms with Crippen LogP contribution in [-0.4, -0.2) is 6.29 Å². The molecule has 1 heterocycles. The highest BCUT2D eigenvalue weighted by atomic mass is 19.3. The van der Waals surface area contributed by atoms with Crippen LogP contribution in [0.4, 0.5) is 14.5 Å². The molecule has 0 saturated heterocycles. The number of rotatable bonds is 0. The first-order chi connectivity index (χ1) is 5.67. The third-order valence-electron chi connectivity index (χ3n) is 1.40. The van der Waals surface area contributed by atoms with Gasteiger partial charge in [0.1, 0.15) is 5.69 Å². The van der Waals surface area contributed by atoms with Crippen molar-refractivity contribution in [2.75, 3.05) is 5.48 Å². The molecule has 0 aromatic heterocycles. The average molecular weight is 173 g/mol. The van der Waals surface area contributed by atoms with Crippen molar-refractivity contribution >= 4 is 5.69 Å². The average Bonchev–Trinajstić information content (AvgIpc) is 2.02. The van der Waals surface area contributed by atoms with Gasteiger partial charge in [0.05, 0.1) is 0 Å². The van der Waals surface area contributed by atoms with E-state index in [-0.39, 0.29) is 5.75 Å². The molecule has 1 aromatic rings. The molecule has 1 aliphatic heterocycles. The molecule has 0 atom stereocenters. The van der Waals surface area contributed by atoms with E-state index in [1.165, 1.54) is 6.07 Å². The molecular weight excluding hydrogens is 168 g/mol. The minimum atomic E-state index is -3.59. The number of fused-ring (bicyclic) bond motifs is 1. The summed E-state index contributed by atoms with van der Waals surface area (Å²) in [6.07, 6.45) is -3.59. The molecule has 0 fully saturated rings. The predicted molar refractivity (Wildman–Crippen MR) is 36.7 cm³/mol. The van der Waals surface area contributed by atoms with Gasteiger partial charge in [0.25, 0.3) is 0 Å². The molecule has 12 heavy (non-hydrogen) atoms. The fourth-order valence-electron chi connectivity index (χ4n) is 0.903. The molecular formula is C7H5F2NO2. The summed E-state index contributed by atoms with van der Waals surface area (Å²) in [6, 6.07) is 6.28. The van der Waals surface area contributed by atoms with Crippen molar-refractivity contribution in [1.82, 2.24) is 0 Å². The summed E-state index contributed by atoms with van der Waals surface area (Å²) in [6.45, 7) is 0. The van der Waals surface area contributed by atoms with E-state index in [4.69, 9.17) is 0 Å². The van der Waals surface area contributed by atoms with Gasteiger partial charge in [0.2, 0.25) is 0 Å². The standard InChI is InChI=1S/C7H5F2NO2/c8-7(9)11-6-4-2-1-3-5(6)10-12-7/h1-4,10H. The molecule has 2 rings (SSSR count). The Balaban J connectivity index is 2.35. The van der Waals surface area contributed by atoms with E-state index < -0.39 is 6.29 Å². The summed E-state index contributed by atoms with van der Waals surface area (Å²) in [7, 11) is 0. The molecule has 0 unspecified atom stereocenters. The summed E-state index contributed by atoms with van der Waals surface area (Å²) >= 11 is 0. The Morgan fingerprint density at radius 3 is 2.83 bits per heavy atom. The molecule has 1 aliphatic rings. The van der Waals surface area contributed by atoms with E-state index in [0.717, 1.165) is 0 Å². The number of nitrogens with one attached hydrogen (secondary N) is 1. The first-order valence-corrected chi connectivity index (χ1v) is 3.27. The SMILES string of the molecule is FC1(F)ONc2ccccc2O1. The Morgan fingerprint density at radius 2 is 2.00 bits per heavy atom. The summed E-state index contributed by atoms with van der Waals surface area (Å²) in [5.41, 5.74) is 2.47. The number of hydrogen-bond acceptors (Lipinski definition) is 3. The van der Waals surface area contributed by atoms with Gasteiger partial charge in [-0.2, -0.15) is 4.84 Å². The van der Waals surface area contributed by atoms with Crippen LogP contribution < -0.4 is 10.2 Å². The maximum absolute atomic E-state index is 12.4. The normalized spacial score (nSPS) is 18.8. The zero-order chi connectivity index (χ0) is 8.60. The maximum Gasteiger partial charge on any atom is 0.556 e. The number of para-hydroxylation sites is 2. The number of benzene rings is 1. The predicted octanol–water partition coefficient (Wildman–Crippen LogP) is 1.97. The van der Waals surface area contributed by atoms with Crippen LogP contribution in [-0.2, 0) is 4.84 Å². The highest BCUT2D eigenvalue weighted by Gasteiger charge is 2.39. The Hall–Kier alpha value is -1.36. The van der Waals surface area contributed by atoms with Crippen molar-refractivity contribution in [3.8, 4) is 5.75 Å². The Kier molecular flexibility index (Phi) is 1.41. The molecule has 0 amide bonds. The quantitative estimate of drug-likeness (QED) is 0.650. The molecule has 0 spiro atoms. The molecule has 0 aliphatic carbocycles. The largest absolute Gasteiger partial charge is 0.556 e. The second-order valence-electron chi connectivity index (χ2n) is 2.27. The van der Waals surface area contributed by atoms with E-state index in [2.05, 4.69) is 15.1 Å². The van der Waals surface area contributed by atoms with E-state index in [0.29, 0.717) is 5.69 Å². The third-order valence-corrected chi connectivity index (χ3v) is 1.40. The van der Waals surface area contributed by atoms with Gasteiger partial charge in [-0.1, -0.05) is 12.1 Å². The van der Waals surface area contributed by atoms with Crippen molar-refractivity contribution in [2.24, 2.45) is 0 Å². The summed E-state index contributed by atoms with van der Waals surface area (Å²) in [5.74, 6) is 0.0775. The summed E-state index contributed by atoms with van der Waals surface area (Å²) in [4.78, 5) is 3.89. The summed E-state index contributed by atoms with van der Waals surface area (Å²) < 4.78 is 29.0. The maximum atomic E-state index is 12.4. The number of hydrogen-bond donors (Lipinski definition) is 1. The molecule has 1 aromatic carbocycles. The Bertz CT molecular complexity index is 303. The van der Waals surface area contributed by atoms with Gasteiger partial charge in [-0.15, -0.1) is 8.78 Å². The van der Waals surface area contributed by atoms with E-state index in [9.17, 15) is 8.78 Å². The highest BCUT2D eigenvalue weighted by Crippen LogP contribution is 2.34. The minimum absolute atomic E-state index is 0.0775. The number of anilines is 1. The van der Waals surface area contributed by atoms with Crippen LogP contribution in [0.25, 0.3) is 0 Å². The van der Waals surface area contributed by atoms with Crippen LogP contribution in [0.15, 0.2) is 24.3 Å². The number of halogens is 2. The van der Waals surface area contributed by atoms with Gasteiger partial charge in [-0.05, 0) is 12.1 Å². The first kappa shape index (κ1) is 7.30. The lowest BCUT2D eigenvalue weighted by Crippen LogP contribution is -2.34. The Labute approximate surface area is 66.9 Å². The molecule has 0 bridgehead atoms. The van der Waals surface area contributed by atoms with Crippen LogP contribution in [0, 0.1) is 0 Å². The number of ether oxygens (including phenoxy) is 1. The van der Waals surface area contributed by atoms with Crippen molar-refractivity contribution in [3.05, 3.63) is 24.3 Å². The molecule has 3 nitrogen and oxygen atoms in total. The summed E-state index contributed by atoms with van der Waals surface area (Å²) in [5, 5.41) is 0. The van der Waals surface area contributed by atoms with Crippen molar-refractivity contribution in [2.45, 2.75) is 6.29 Å². The molecule has 0 radical (unpaired) electrons.